The maximum absolute atomic E-state index is 12.2. The number of ether oxygens (including phenoxy) is 1. The molecule has 0 unspecified atom stereocenters. The van der Waals surface area contributed by atoms with Gasteiger partial charge in [0.2, 0.25) is 10.0 Å². The van der Waals surface area contributed by atoms with Crippen LogP contribution in [0.5, 0.6) is 5.75 Å². The molecule has 1 aromatic carbocycles. The van der Waals surface area contributed by atoms with E-state index in [1.807, 2.05) is 24.3 Å². The van der Waals surface area contributed by atoms with Gasteiger partial charge in [-0.25, -0.2) is 13.1 Å². The molecule has 0 saturated carbocycles. The van der Waals surface area contributed by atoms with E-state index in [-0.39, 0.29) is 4.90 Å². The van der Waals surface area contributed by atoms with Gasteiger partial charge in [-0.2, -0.15) is 5.10 Å². The lowest BCUT2D eigenvalue weighted by Gasteiger charge is -2.07. The SMILES string of the molecule is COc1ccc(CCCNS(=O)(=O)c2c(C)n[nH]c2C)cc1. The van der Waals surface area contributed by atoms with E-state index in [1.165, 1.54) is 0 Å². The van der Waals surface area contributed by atoms with E-state index in [4.69, 9.17) is 4.74 Å². The van der Waals surface area contributed by atoms with E-state index in [1.54, 1.807) is 21.0 Å². The summed E-state index contributed by atoms with van der Waals surface area (Å²) in [6.07, 6.45) is 1.53. The van der Waals surface area contributed by atoms with Crippen LogP contribution < -0.4 is 9.46 Å². The van der Waals surface area contributed by atoms with Crippen LogP contribution in [0.15, 0.2) is 29.2 Å². The van der Waals surface area contributed by atoms with E-state index < -0.39 is 10.0 Å². The van der Waals surface area contributed by atoms with Crippen LogP contribution >= 0.6 is 0 Å². The minimum atomic E-state index is -3.51. The summed E-state index contributed by atoms with van der Waals surface area (Å²) in [5, 5.41) is 6.61. The van der Waals surface area contributed by atoms with Gasteiger partial charge in [-0.05, 0) is 44.4 Å². The first kappa shape index (κ1) is 16.5. The molecule has 22 heavy (non-hydrogen) atoms. The topological polar surface area (TPSA) is 84.1 Å². The van der Waals surface area contributed by atoms with Gasteiger partial charge in [-0.3, -0.25) is 5.10 Å². The fourth-order valence-electron chi connectivity index (χ4n) is 2.30. The highest BCUT2D eigenvalue weighted by Gasteiger charge is 2.21. The molecule has 7 heteroatoms. The number of aromatic nitrogens is 2. The van der Waals surface area contributed by atoms with Gasteiger partial charge in [-0.1, -0.05) is 12.1 Å². The van der Waals surface area contributed by atoms with Crippen molar-refractivity contribution in [2.45, 2.75) is 31.6 Å². The molecule has 0 aliphatic heterocycles. The highest BCUT2D eigenvalue weighted by atomic mass is 32.2. The molecule has 6 nitrogen and oxygen atoms in total. The van der Waals surface area contributed by atoms with Gasteiger partial charge in [0.1, 0.15) is 10.6 Å². The fraction of sp³-hybridized carbons (Fsp3) is 0.400. The summed E-state index contributed by atoms with van der Waals surface area (Å²) in [4.78, 5) is 0.247. The molecule has 2 aromatic rings. The number of aromatic amines is 1. The standard InChI is InChI=1S/C15H21N3O3S/c1-11-15(12(2)18-17-11)22(19,20)16-10-4-5-13-6-8-14(21-3)9-7-13/h6-9,16H,4-5,10H2,1-3H3,(H,17,18). The number of H-pyrrole nitrogens is 1. The highest BCUT2D eigenvalue weighted by molar-refractivity contribution is 7.89. The summed E-state index contributed by atoms with van der Waals surface area (Å²) in [5.41, 5.74) is 2.19. The maximum atomic E-state index is 12.2. The molecule has 0 spiro atoms. The lowest BCUT2D eigenvalue weighted by atomic mass is 10.1. The van der Waals surface area contributed by atoms with E-state index in [9.17, 15) is 8.42 Å². The molecule has 1 heterocycles. The van der Waals surface area contributed by atoms with Crippen LogP contribution in [0.3, 0.4) is 0 Å². The number of nitrogens with one attached hydrogen (secondary N) is 2. The van der Waals surface area contributed by atoms with Gasteiger partial charge in [0.15, 0.2) is 0 Å². The fourth-order valence-corrected chi connectivity index (χ4v) is 3.74. The number of methoxy groups -OCH3 is 1. The molecular weight excluding hydrogens is 302 g/mol. The Balaban J connectivity index is 1.88. The first-order valence-corrected chi connectivity index (χ1v) is 8.56. The smallest absolute Gasteiger partial charge is 0.244 e. The Bertz CT molecular complexity index is 701. The normalized spacial score (nSPS) is 11.6. The Labute approximate surface area is 130 Å². The zero-order valence-corrected chi connectivity index (χ0v) is 13.8. The maximum Gasteiger partial charge on any atom is 0.244 e. The van der Waals surface area contributed by atoms with Gasteiger partial charge < -0.3 is 4.74 Å². The minimum Gasteiger partial charge on any atom is -0.497 e. The molecule has 0 fully saturated rings. The second-order valence-corrected chi connectivity index (χ2v) is 6.82. The van der Waals surface area contributed by atoms with Crippen molar-refractivity contribution < 1.29 is 13.2 Å². The van der Waals surface area contributed by atoms with E-state index in [0.29, 0.717) is 17.9 Å². The van der Waals surface area contributed by atoms with Crippen LogP contribution in [0, 0.1) is 13.8 Å². The first-order valence-electron chi connectivity index (χ1n) is 7.08. The molecule has 0 aliphatic carbocycles. The Hall–Kier alpha value is -1.86. The molecule has 1 aromatic heterocycles. The summed E-state index contributed by atoms with van der Waals surface area (Å²) < 4.78 is 32.2. The Morgan fingerprint density at radius 3 is 2.45 bits per heavy atom. The van der Waals surface area contributed by atoms with Crippen LogP contribution in [0.4, 0.5) is 0 Å². The Kier molecular flexibility index (Phi) is 5.20. The summed E-state index contributed by atoms with van der Waals surface area (Å²) in [5.74, 6) is 0.815. The molecule has 2 N–H and O–H groups in total. The number of hydrogen-bond acceptors (Lipinski definition) is 4. The predicted molar refractivity (Wildman–Crippen MR) is 84.6 cm³/mol. The molecule has 2 rings (SSSR count). The molecule has 0 aliphatic rings. The largest absolute Gasteiger partial charge is 0.497 e. The molecule has 0 amide bonds. The summed E-state index contributed by atoms with van der Waals surface area (Å²) in [6, 6.07) is 7.77. The van der Waals surface area contributed by atoms with E-state index >= 15 is 0 Å². The molecule has 0 bridgehead atoms. The predicted octanol–water partition coefficient (Wildman–Crippen LogP) is 1.95. The Morgan fingerprint density at radius 1 is 1.23 bits per heavy atom. The number of aryl methyl sites for hydroxylation is 3. The average Bonchev–Trinajstić information content (AvgIpc) is 2.84. The van der Waals surface area contributed by atoms with Gasteiger partial charge in [-0.15, -0.1) is 0 Å². The second kappa shape index (κ2) is 6.93. The summed E-state index contributed by atoms with van der Waals surface area (Å²) in [7, 11) is -1.88. The zero-order chi connectivity index (χ0) is 16.2. The van der Waals surface area contributed by atoms with Crippen molar-refractivity contribution in [3.05, 3.63) is 41.2 Å². The van der Waals surface area contributed by atoms with Crippen molar-refractivity contribution in [2.24, 2.45) is 0 Å². The van der Waals surface area contributed by atoms with Gasteiger partial charge in [0, 0.05) is 6.54 Å². The number of rotatable bonds is 7. The van der Waals surface area contributed by atoms with Crippen LogP contribution in [-0.4, -0.2) is 32.3 Å². The number of benzene rings is 1. The van der Waals surface area contributed by atoms with Crippen molar-refractivity contribution in [2.75, 3.05) is 13.7 Å². The number of nitrogens with zero attached hydrogens (tertiary/aromatic N) is 1. The van der Waals surface area contributed by atoms with Gasteiger partial charge >= 0.3 is 0 Å². The van der Waals surface area contributed by atoms with Crippen LogP contribution in [0.1, 0.15) is 23.4 Å². The highest BCUT2D eigenvalue weighted by Crippen LogP contribution is 2.16. The van der Waals surface area contributed by atoms with Crippen molar-refractivity contribution >= 4 is 10.0 Å². The minimum absolute atomic E-state index is 0.247. The quantitative estimate of drug-likeness (QED) is 0.763. The van der Waals surface area contributed by atoms with Crippen molar-refractivity contribution in [3.63, 3.8) is 0 Å². The second-order valence-electron chi connectivity index (χ2n) is 5.11. The molecule has 120 valence electrons. The van der Waals surface area contributed by atoms with Gasteiger partial charge in [0.05, 0.1) is 18.5 Å². The third-order valence-electron chi connectivity index (χ3n) is 3.42. The van der Waals surface area contributed by atoms with Crippen molar-refractivity contribution in [3.8, 4) is 5.75 Å². The number of sulfonamides is 1. The molecular formula is C15H21N3O3S. The summed E-state index contributed by atoms with van der Waals surface area (Å²) >= 11 is 0. The van der Waals surface area contributed by atoms with E-state index in [2.05, 4.69) is 14.9 Å². The average molecular weight is 323 g/mol. The first-order chi connectivity index (χ1) is 10.4. The molecule has 0 atom stereocenters. The molecule has 0 saturated heterocycles. The van der Waals surface area contributed by atoms with Gasteiger partial charge in [0.25, 0.3) is 0 Å². The summed E-state index contributed by atoms with van der Waals surface area (Å²) in [6.45, 7) is 3.76. The molecule has 0 radical (unpaired) electrons. The third-order valence-corrected chi connectivity index (χ3v) is 5.15. The van der Waals surface area contributed by atoms with E-state index in [0.717, 1.165) is 24.2 Å². The van der Waals surface area contributed by atoms with Crippen LogP contribution in [0.2, 0.25) is 0 Å². The lowest BCUT2D eigenvalue weighted by molar-refractivity contribution is 0.414. The lowest BCUT2D eigenvalue weighted by Crippen LogP contribution is -2.26. The van der Waals surface area contributed by atoms with Crippen LogP contribution in [-0.2, 0) is 16.4 Å². The Morgan fingerprint density at radius 2 is 1.91 bits per heavy atom. The zero-order valence-electron chi connectivity index (χ0n) is 13.0. The number of hydrogen-bond donors (Lipinski definition) is 2. The van der Waals surface area contributed by atoms with Crippen molar-refractivity contribution in [1.82, 2.24) is 14.9 Å². The van der Waals surface area contributed by atoms with Crippen molar-refractivity contribution in [1.29, 1.82) is 0 Å². The van der Waals surface area contributed by atoms with Crippen LogP contribution in [0.25, 0.3) is 0 Å². The third kappa shape index (κ3) is 3.86. The monoisotopic (exact) mass is 323 g/mol.